The molecular weight excluding hydrogens is 442 g/mol. The number of anilines is 1. The second-order valence-electron chi connectivity index (χ2n) is 10.7. The van der Waals surface area contributed by atoms with E-state index in [1.54, 1.807) is 6.07 Å². The van der Waals surface area contributed by atoms with Gasteiger partial charge < -0.3 is 15.1 Å². The topological polar surface area (TPSA) is 85.0 Å². The van der Waals surface area contributed by atoms with Crippen LogP contribution in [0.15, 0.2) is 18.2 Å². The summed E-state index contributed by atoms with van der Waals surface area (Å²) in [5.74, 6) is -0.222. The van der Waals surface area contributed by atoms with Crippen molar-refractivity contribution in [3.05, 3.63) is 29.3 Å². The monoisotopic (exact) mass is 483 g/mol. The second kappa shape index (κ2) is 10.3. The molecule has 3 saturated heterocycles. The van der Waals surface area contributed by atoms with Gasteiger partial charge in [0.25, 0.3) is 5.91 Å². The highest BCUT2D eigenvalue weighted by Gasteiger charge is 2.39. The molecule has 1 aliphatic carbocycles. The molecule has 8 heteroatoms. The van der Waals surface area contributed by atoms with E-state index in [1.807, 2.05) is 28.9 Å². The Morgan fingerprint density at radius 1 is 1.06 bits per heavy atom. The zero-order valence-electron chi connectivity index (χ0n) is 22.8. The van der Waals surface area contributed by atoms with Crippen LogP contribution in [0.2, 0.25) is 0 Å². The highest BCUT2D eigenvalue weighted by molar-refractivity contribution is 6.06. The minimum Gasteiger partial charge on any atom is -0.339 e. The van der Waals surface area contributed by atoms with Gasteiger partial charge in [-0.05, 0) is 74.5 Å². The number of piperidine rings is 1. The number of benzene rings is 1. The van der Waals surface area contributed by atoms with Crippen molar-refractivity contribution in [3.63, 3.8) is 0 Å². The van der Waals surface area contributed by atoms with E-state index in [2.05, 4.69) is 10.6 Å². The van der Waals surface area contributed by atoms with Gasteiger partial charge in [-0.1, -0.05) is 6.07 Å². The first-order chi connectivity index (χ1) is 17.7. The van der Waals surface area contributed by atoms with Crippen LogP contribution in [-0.4, -0.2) is 80.0 Å². The zero-order valence-corrected chi connectivity index (χ0v) is 20.8. The van der Waals surface area contributed by atoms with Gasteiger partial charge in [-0.15, -0.1) is 0 Å². The second-order valence-corrected chi connectivity index (χ2v) is 10.7. The van der Waals surface area contributed by atoms with Crippen molar-refractivity contribution >= 4 is 23.5 Å². The van der Waals surface area contributed by atoms with Crippen LogP contribution in [-0.2, 0) is 4.79 Å². The first-order valence-electron chi connectivity index (χ1n) is 14.2. The summed E-state index contributed by atoms with van der Waals surface area (Å²) in [5.41, 5.74) is 2.33. The first kappa shape index (κ1) is 21.8. The standard InChI is InChI=1S/C27H39N5O3/c1-20-2-3-22(18-23(20)32-13-6-24(33)29-26(32)35)25(34)31-14-9-27(10-15-31)7-4-21(5-8-27)19-30-16-11-28-12-17-30/h2-3,18,21,28H,4-17,19H2,1H3,(H,29,33,35)/i19D2. The minimum atomic E-state index is -1.25. The van der Waals surface area contributed by atoms with Crippen molar-refractivity contribution in [1.29, 1.82) is 0 Å². The number of nitrogens with zero attached hydrogens (tertiary/aromatic N) is 3. The van der Waals surface area contributed by atoms with Gasteiger partial charge in [0.15, 0.2) is 0 Å². The van der Waals surface area contributed by atoms with Crippen molar-refractivity contribution in [3.8, 4) is 0 Å². The number of carbonyl (C=O) groups is 3. The Morgan fingerprint density at radius 3 is 2.46 bits per heavy atom. The average molecular weight is 484 g/mol. The number of urea groups is 1. The molecule has 4 amide bonds. The first-order valence-corrected chi connectivity index (χ1v) is 13.2. The number of rotatable bonds is 4. The molecule has 1 aromatic rings. The van der Waals surface area contributed by atoms with Crippen molar-refractivity contribution in [2.45, 2.75) is 51.9 Å². The number of hydrogen-bond acceptors (Lipinski definition) is 5. The third-order valence-electron chi connectivity index (χ3n) is 8.44. The summed E-state index contributed by atoms with van der Waals surface area (Å²) in [6.07, 6.45) is 6.04. The lowest BCUT2D eigenvalue weighted by Crippen LogP contribution is -2.50. The number of nitrogens with one attached hydrogen (secondary N) is 2. The molecule has 4 aliphatic rings. The predicted molar refractivity (Wildman–Crippen MR) is 136 cm³/mol. The quantitative estimate of drug-likeness (QED) is 0.688. The van der Waals surface area contributed by atoms with Gasteiger partial charge in [0, 0.05) is 72.7 Å². The summed E-state index contributed by atoms with van der Waals surface area (Å²) in [4.78, 5) is 42.8. The van der Waals surface area contributed by atoms with Crippen LogP contribution in [0.1, 0.15) is 63.6 Å². The van der Waals surface area contributed by atoms with Crippen LogP contribution in [0.4, 0.5) is 10.5 Å². The summed E-state index contributed by atoms with van der Waals surface area (Å²) in [6.45, 7) is 5.62. The molecule has 0 aromatic heterocycles. The van der Waals surface area contributed by atoms with Crippen molar-refractivity contribution < 1.29 is 17.1 Å². The summed E-state index contributed by atoms with van der Waals surface area (Å²) in [5, 5.41) is 5.67. The Hall–Kier alpha value is -2.45. The summed E-state index contributed by atoms with van der Waals surface area (Å²) < 4.78 is 17.6. The van der Waals surface area contributed by atoms with Gasteiger partial charge >= 0.3 is 6.03 Å². The lowest BCUT2D eigenvalue weighted by molar-refractivity contribution is -0.120. The van der Waals surface area contributed by atoms with Gasteiger partial charge in [-0.2, -0.15) is 0 Å². The maximum Gasteiger partial charge on any atom is 0.328 e. The number of amides is 4. The summed E-state index contributed by atoms with van der Waals surface area (Å²) in [6, 6.07) is 5.02. The van der Waals surface area contributed by atoms with Crippen LogP contribution < -0.4 is 15.5 Å². The Bertz CT molecular complexity index is 1040. The SMILES string of the molecule is [2H]C([2H])(C1CCC2(CC1)CCN(C(=O)c1ccc(C)c(N3CCC(=O)NC3=O)c1)CC2)N1CCNCC1. The van der Waals surface area contributed by atoms with Crippen molar-refractivity contribution in [1.82, 2.24) is 20.4 Å². The van der Waals surface area contributed by atoms with Crippen LogP contribution in [0.5, 0.6) is 0 Å². The molecule has 0 bridgehead atoms. The fraction of sp³-hybridized carbons (Fsp3) is 0.667. The van der Waals surface area contributed by atoms with Crippen LogP contribution in [0.25, 0.3) is 0 Å². The van der Waals surface area contributed by atoms with Crippen molar-refractivity contribution in [2.24, 2.45) is 11.3 Å². The predicted octanol–water partition coefficient (Wildman–Crippen LogP) is 2.76. The molecule has 0 radical (unpaired) electrons. The maximum absolute atomic E-state index is 13.4. The summed E-state index contributed by atoms with van der Waals surface area (Å²) in [7, 11) is 0. The molecule has 1 aromatic carbocycles. The number of carbonyl (C=O) groups excluding carboxylic acids is 3. The molecule has 4 fully saturated rings. The number of hydrogen-bond donors (Lipinski definition) is 2. The molecule has 1 spiro atoms. The largest absolute Gasteiger partial charge is 0.339 e. The Morgan fingerprint density at radius 2 is 1.77 bits per heavy atom. The number of aryl methyl sites for hydroxylation is 1. The number of piperazine rings is 1. The third kappa shape index (κ3) is 5.38. The van der Waals surface area contributed by atoms with Crippen LogP contribution >= 0.6 is 0 Å². The van der Waals surface area contributed by atoms with Gasteiger partial charge in [-0.3, -0.25) is 19.8 Å². The van der Waals surface area contributed by atoms with E-state index in [0.29, 0.717) is 30.9 Å². The van der Waals surface area contributed by atoms with Gasteiger partial charge in [-0.25, -0.2) is 4.79 Å². The average Bonchev–Trinajstić information content (AvgIpc) is 2.90. The smallest absolute Gasteiger partial charge is 0.328 e. The van der Waals surface area contributed by atoms with Crippen LogP contribution in [0, 0.1) is 18.3 Å². The van der Waals surface area contributed by atoms with E-state index in [9.17, 15) is 14.4 Å². The van der Waals surface area contributed by atoms with Crippen molar-refractivity contribution in [2.75, 3.05) is 57.2 Å². The Labute approximate surface area is 211 Å². The molecule has 8 nitrogen and oxygen atoms in total. The minimum absolute atomic E-state index is 0.0201. The normalized spacial score (nSPS) is 25.3. The zero-order chi connectivity index (χ0) is 26.2. The molecule has 1 saturated carbocycles. The molecule has 5 rings (SSSR count). The molecule has 3 aliphatic heterocycles. The van der Waals surface area contributed by atoms with Gasteiger partial charge in [0.2, 0.25) is 5.91 Å². The van der Waals surface area contributed by atoms with Gasteiger partial charge in [0.1, 0.15) is 0 Å². The third-order valence-corrected chi connectivity index (χ3v) is 8.44. The summed E-state index contributed by atoms with van der Waals surface area (Å²) >= 11 is 0. The number of imide groups is 1. The van der Waals surface area contributed by atoms with Crippen LogP contribution in [0.3, 0.4) is 0 Å². The highest BCUT2D eigenvalue weighted by atomic mass is 16.2. The Kier molecular flexibility index (Phi) is 6.40. The van der Waals surface area contributed by atoms with E-state index >= 15 is 0 Å². The maximum atomic E-state index is 13.4. The molecule has 190 valence electrons. The Balaban J connectivity index is 1.18. The lowest BCUT2D eigenvalue weighted by Gasteiger charge is -2.46. The van der Waals surface area contributed by atoms with E-state index in [4.69, 9.17) is 2.74 Å². The van der Waals surface area contributed by atoms with Gasteiger partial charge in [0.05, 0.1) is 0 Å². The fourth-order valence-corrected chi connectivity index (χ4v) is 6.11. The van der Waals surface area contributed by atoms with E-state index in [-0.39, 0.29) is 29.6 Å². The molecule has 0 atom stereocenters. The number of likely N-dealkylation sites (tertiary alicyclic amines) is 1. The molecular formula is C27H39N5O3. The molecule has 35 heavy (non-hydrogen) atoms. The fourth-order valence-electron chi connectivity index (χ4n) is 6.11. The van der Waals surface area contributed by atoms with E-state index < -0.39 is 12.5 Å². The molecule has 2 N–H and O–H groups in total. The van der Waals surface area contributed by atoms with E-state index in [1.165, 1.54) is 4.90 Å². The highest BCUT2D eigenvalue weighted by Crippen LogP contribution is 2.46. The van der Waals surface area contributed by atoms with E-state index in [0.717, 1.165) is 70.3 Å². The molecule has 3 heterocycles. The molecule has 0 unspecified atom stereocenters. The lowest BCUT2D eigenvalue weighted by atomic mass is 9.65.